The number of hydrogen-bond donors (Lipinski definition) is 2. The number of carboxylic acids is 1. The number of halogens is 1. The van der Waals surface area contributed by atoms with Gasteiger partial charge in [-0.1, -0.05) is 11.6 Å². The molecule has 0 saturated carbocycles. The van der Waals surface area contributed by atoms with Crippen molar-refractivity contribution in [3.63, 3.8) is 0 Å². The molecule has 0 radical (unpaired) electrons. The number of ether oxygens (including phenoxy) is 1. The van der Waals surface area contributed by atoms with Crippen molar-refractivity contribution in [3.8, 4) is 0 Å². The summed E-state index contributed by atoms with van der Waals surface area (Å²) in [6.07, 6.45) is 2.12. The molecule has 0 aliphatic rings. The van der Waals surface area contributed by atoms with Crippen LogP contribution in [0.4, 0.5) is 5.82 Å². The second-order valence-corrected chi connectivity index (χ2v) is 3.74. The van der Waals surface area contributed by atoms with Crippen molar-refractivity contribution >= 4 is 23.4 Å². The lowest BCUT2D eigenvalue weighted by molar-refractivity contribution is 0.0696. The normalized spacial score (nSPS) is 10.2. The molecule has 0 spiro atoms. The zero-order valence-corrected chi connectivity index (χ0v) is 10.3. The second-order valence-electron chi connectivity index (χ2n) is 3.34. The van der Waals surface area contributed by atoms with E-state index in [-0.39, 0.29) is 5.56 Å². The number of carbonyl (C=O) groups is 1. The van der Waals surface area contributed by atoms with E-state index in [9.17, 15) is 4.79 Å². The Kier molecular flexibility index (Phi) is 5.72. The van der Waals surface area contributed by atoms with Crippen LogP contribution in [0.5, 0.6) is 0 Å². The molecule has 0 amide bonds. The summed E-state index contributed by atoms with van der Waals surface area (Å²) in [7, 11) is 0. The van der Waals surface area contributed by atoms with Gasteiger partial charge in [0.2, 0.25) is 0 Å². The number of anilines is 1. The van der Waals surface area contributed by atoms with Crippen LogP contribution in [0.15, 0.2) is 12.3 Å². The fraction of sp³-hybridized carbons (Fsp3) is 0.455. The van der Waals surface area contributed by atoms with E-state index in [0.717, 1.165) is 6.42 Å². The van der Waals surface area contributed by atoms with Gasteiger partial charge in [0, 0.05) is 26.0 Å². The summed E-state index contributed by atoms with van der Waals surface area (Å²) in [5.74, 6) is -0.546. The Bertz CT molecular complexity index is 385. The highest BCUT2D eigenvalue weighted by atomic mass is 35.5. The summed E-state index contributed by atoms with van der Waals surface area (Å²) >= 11 is 5.89. The van der Waals surface area contributed by atoms with E-state index in [2.05, 4.69) is 10.3 Å². The SMILES string of the molecule is CCOCCCNc1ncc(C(=O)O)cc1Cl. The lowest BCUT2D eigenvalue weighted by atomic mass is 10.3. The molecule has 5 nitrogen and oxygen atoms in total. The zero-order chi connectivity index (χ0) is 12.7. The number of aromatic carboxylic acids is 1. The molecule has 0 aliphatic heterocycles. The highest BCUT2D eigenvalue weighted by molar-refractivity contribution is 6.33. The van der Waals surface area contributed by atoms with E-state index in [1.165, 1.54) is 12.3 Å². The Balaban J connectivity index is 2.46. The van der Waals surface area contributed by atoms with E-state index in [0.29, 0.717) is 30.6 Å². The van der Waals surface area contributed by atoms with Crippen molar-refractivity contribution in [1.29, 1.82) is 0 Å². The molecular formula is C11H15ClN2O3. The van der Waals surface area contributed by atoms with Crippen molar-refractivity contribution in [2.75, 3.05) is 25.1 Å². The van der Waals surface area contributed by atoms with Crippen molar-refractivity contribution in [1.82, 2.24) is 4.98 Å². The van der Waals surface area contributed by atoms with Crippen LogP contribution >= 0.6 is 11.6 Å². The molecule has 0 saturated heterocycles. The number of hydrogen-bond acceptors (Lipinski definition) is 4. The van der Waals surface area contributed by atoms with E-state index in [1.807, 2.05) is 6.92 Å². The van der Waals surface area contributed by atoms with Crippen molar-refractivity contribution in [3.05, 3.63) is 22.8 Å². The first-order valence-electron chi connectivity index (χ1n) is 5.35. The van der Waals surface area contributed by atoms with Crippen LogP contribution in [-0.4, -0.2) is 35.8 Å². The third-order valence-electron chi connectivity index (χ3n) is 2.05. The predicted molar refractivity (Wildman–Crippen MR) is 65.8 cm³/mol. The van der Waals surface area contributed by atoms with Gasteiger partial charge in [-0.15, -0.1) is 0 Å². The minimum atomic E-state index is -1.04. The average molecular weight is 259 g/mol. The van der Waals surface area contributed by atoms with Gasteiger partial charge in [0.05, 0.1) is 10.6 Å². The summed E-state index contributed by atoms with van der Waals surface area (Å²) in [6.45, 7) is 4.00. The molecule has 1 heterocycles. The number of pyridine rings is 1. The third kappa shape index (κ3) is 4.58. The minimum absolute atomic E-state index is 0.0786. The summed E-state index contributed by atoms with van der Waals surface area (Å²) < 4.78 is 5.18. The first kappa shape index (κ1) is 13.7. The Morgan fingerprint density at radius 3 is 3.00 bits per heavy atom. The summed E-state index contributed by atoms with van der Waals surface area (Å²) in [5, 5.41) is 12.1. The average Bonchev–Trinajstić information content (AvgIpc) is 2.30. The molecule has 0 aliphatic carbocycles. The molecule has 0 atom stereocenters. The first-order valence-corrected chi connectivity index (χ1v) is 5.73. The standard InChI is InChI=1S/C11H15ClN2O3/c1-2-17-5-3-4-13-10-9(12)6-8(7-14-10)11(15)16/h6-7H,2-5H2,1H3,(H,13,14)(H,15,16). The smallest absolute Gasteiger partial charge is 0.337 e. The lowest BCUT2D eigenvalue weighted by Gasteiger charge is -2.07. The minimum Gasteiger partial charge on any atom is -0.478 e. The van der Waals surface area contributed by atoms with Gasteiger partial charge in [0.1, 0.15) is 5.82 Å². The molecule has 0 aromatic carbocycles. The first-order chi connectivity index (χ1) is 8.15. The molecular weight excluding hydrogens is 244 g/mol. The maximum Gasteiger partial charge on any atom is 0.337 e. The van der Waals surface area contributed by atoms with Crippen molar-refractivity contribution < 1.29 is 14.6 Å². The van der Waals surface area contributed by atoms with Gasteiger partial charge in [0.15, 0.2) is 0 Å². The molecule has 2 N–H and O–H groups in total. The highest BCUT2D eigenvalue weighted by Crippen LogP contribution is 2.19. The molecule has 94 valence electrons. The van der Waals surface area contributed by atoms with E-state index in [1.54, 1.807) is 0 Å². The van der Waals surface area contributed by atoms with Crippen LogP contribution in [-0.2, 0) is 4.74 Å². The van der Waals surface area contributed by atoms with E-state index < -0.39 is 5.97 Å². The quantitative estimate of drug-likeness (QED) is 0.734. The second kappa shape index (κ2) is 7.09. The molecule has 0 fully saturated rings. The maximum atomic E-state index is 10.7. The Morgan fingerprint density at radius 1 is 1.65 bits per heavy atom. The van der Waals surface area contributed by atoms with Crippen molar-refractivity contribution in [2.45, 2.75) is 13.3 Å². The summed E-state index contributed by atoms with van der Waals surface area (Å²) in [5.41, 5.74) is 0.0786. The predicted octanol–water partition coefficient (Wildman–Crippen LogP) is 2.27. The van der Waals surface area contributed by atoms with Crippen LogP contribution < -0.4 is 5.32 Å². The van der Waals surface area contributed by atoms with Crippen LogP contribution in [0, 0.1) is 0 Å². The van der Waals surface area contributed by atoms with Gasteiger partial charge in [0.25, 0.3) is 0 Å². The fourth-order valence-electron chi connectivity index (χ4n) is 1.21. The topological polar surface area (TPSA) is 71.5 Å². The zero-order valence-electron chi connectivity index (χ0n) is 9.57. The molecule has 6 heteroatoms. The number of nitrogens with one attached hydrogen (secondary N) is 1. The lowest BCUT2D eigenvalue weighted by Crippen LogP contribution is -2.08. The van der Waals surface area contributed by atoms with Crippen LogP contribution in [0.25, 0.3) is 0 Å². The maximum absolute atomic E-state index is 10.7. The van der Waals surface area contributed by atoms with E-state index in [4.69, 9.17) is 21.4 Å². The van der Waals surface area contributed by atoms with Gasteiger partial charge in [-0.2, -0.15) is 0 Å². The van der Waals surface area contributed by atoms with Crippen molar-refractivity contribution in [2.24, 2.45) is 0 Å². The van der Waals surface area contributed by atoms with Gasteiger partial charge < -0.3 is 15.2 Å². The van der Waals surface area contributed by atoms with Gasteiger partial charge >= 0.3 is 5.97 Å². The fourth-order valence-corrected chi connectivity index (χ4v) is 1.44. The van der Waals surface area contributed by atoms with Crippen LogP contribution in [0.3, 0.4) is 0 Å². The Morgan fingerprint density at radius 2 is 2.41 bits per heavy atom. The number of carboxylic acid groups (broad SMARTS) is 1. The monoisotopic (exact) mass is 258 g/mol. The van der Waals surface area contributed by atoms with Gasteiger partial charge in [-0.25, -0.2) is 9.78 Å². The molecule has 0 bridgehead atoms. The number of rotatable bonds is 7. The number of nitrogens with zero attached hydrogens (tertiary/aromatic N) is 1. The third-order valence-corrected chi connectivity index (χ3v) is 2.34. The molecule has 1 aromatic heterocycles. The largest absolute Gasteiger partial charge is 0.478 e. The van der Waals surface area contributed by atoms with E-state index >= 15 is 0 Å². The highest BCUT2D eigenvalue weighted by Gasteiger charge is 2.07. The van der Waals surface area contributed by atoms with Gasteiger partial charge in [-0.05, 0) is 19.4 Å². The number of aromatic nitrogens is 1. The van der Waals surface area contributed by atoms with Crippen LogP contribution in [0.2, 0.25) is 5.02 Å². The Labute approximate surface area is 105 Å². The molecule has 1 aromatic rings. The molecule has 17 heavy (non-hydrogen) atoms. The van der Waals surface area contributed by atoms with Crippen LogP contribution in [0.1, 0.15) is 23.7 Å². The summed E-state index contributed by atoms with van der Waals surface area (Å²) in [6, 6.07) is 1.38. The molecule has 1 rings (SSSR count). The molecule has 0 unspecified atom stereocenters. The van der Waals surface area contributed by atoms with Gasteiger partial charge in [-0.3, -0.25) is 0 Å². The Hall–Kier alpha value is -1.33. The summed E-state index contributed by atoms with van der Waals surface area (Å²) in [4.78, 5) is 14.6.